The first-order valence-corrected chi connectivity index (χ1v) is 12.9. The summed E-state index contributed by atoms with van der Waals surface area (Å²) in [7, 11) is 0. The van der Waals surface area contributed by atoms with Crippen LogP contribution < -0.4 is 21.3 Å². The monoisotopic (exact) mass is 527 g/mol. The van der Waals surface area contributed by atoms with E-state index in [1.807, 2.05) is 34.6 Å². The molecule has 1 saturated heterocycles. The van der Waals surface area contributed by atoms with Crippen molar-refractivity contribution in [3.63, 3.8) is 0 Å². The first-order chi connectivity index (χ1) is 17.5. The number of Topliss-reactive ketones (excluding diaryl/α,β-unsaturated/α-hetero) is 1. The highest BCUT2D eigenvalue weighted by Gasteiger charge is 2.39. The number of hydrogen-bond acceptors (Lipinski definition) is 7. The van der Waals surface area contributed by atoms with Gasteiger partial charge in [-0.25, -0.2) is 0 Å². The number of nitrogens with one attached hydrogen (secondary N) is 4. The molecule has 0 aliphatic carbocycles. The molecule has 1 unspecified atom stereocenters. The van der Waals surface area contributed by atoms with Gasteiger partial charge in [-0.15, -0.1) is 0 Å². The summed E-state index contributed by atoms with van der Waals surface area (Å²) in [6.07, 6.45) is 4.69. The number of likely N-dealkylation sites (N-methyl/N-ethyl adjacent to an activating group) is 1. The minimum atomic E-state index is -0.162. The summed E-state index contributed by atoms with van der Waals surface area (Å²) in [5.41, 5.74) is 0. The summed E-state index contributed by atoms with van der Waals surface area (Å²) in [4.78, 5) is 66.1. The molecular formula is C26H49N5O6. The van der Waals surface area contributed by atoms with Gasteiger partial charge in [-0.1, -0.05) is 47.6 Å². The Morgan fingerprint density at radius 2 is 1.62 bits per heavy atom. The molecule has 1 heterocycles. The van der Waals surface area contributed by atoms with E-state index < -0.39 is 0 Å². The molecule has 1 fully saturated rings. The van der Waals surface area contributed by atoms with Gasteiger partial charge in [0.2, 0.25) is 30.0 Å². The highest BCUT2D eigenvalue weighted by atomic mass is 16.2. The molecule has 5 amide bonds. The van der Waals surface area contributed by atoms with Crippen LogP contribution in [0, 0.1) is 11.8 Å². The Morgan fingerprint density at radius 3 is 2.05 bits per heavy atom. The molecule has 0 aromatic carbocycles. The Labute approximate surface area is 222 Å². The lowest BCUT2D eigenvalue weighted by Crippen LogP contribution is -2.32. The number of imide groups is 1. The molecule has 0 aromatic rings. The summed E-state index contributed by atoms with van der Waals surface area (Å²) in [6.45, 7) is 18.7. The lowest BCUT2D eigenvalue weighted by atomic mass is 9.94. The van der Waals surface area contributed by atoms with Gasteiger partial charge in [-0.2, -0.15) is 0 Å². The molecule has 0 spiro atoms. The Balaban J connectivity index is -0.000000463. The average molecular weight is 528 g/mol. The van der Waals surface area contributed by atoms with Gasteiger partial charge in [0.1, 0.15) is 5.78 Å². The van der Waals surface area contributed by atoms with Crippen molar-refractivity contribution in [1.29, 1.82) is 0 Å². The molecule has 1 aliphatic heterocycles. The van der Waals surface area contributed by atoms with Crippen LogP contribution in [0.5, 0.6) is 0 Å². The fraction of sp³-hybridized carbons (Fsp3) is 0.692. The Kier molecular flexibility index (Phi) is 26.7. The molecule has 0 aromatic heterocycles. The van der Waals surface area contributed by atoms with Crippen LogP contribution in [0.1, 0.15) is 74.1 Å². The fourth-order valence-electron chi connectivity index (χ4n) is 2.78. The summed E-state index contributed by atoms with van der Waals surface area (Å²) < 4.78 is 0. The van der Waals surface area contributed by atoms with Crippen LogP contribution in [0.15, 0.2) is 12.8 Å². The molecule has 214 valence electrons. The van der Waals surface area contributed by atoms with Crippen molar-refractivity contribution in [3.8, 4) is 0 Å². The van der Waals surface area contributed by atoms with Crippen molar-refractivity contribution in [2.75, 3.05) is 32.7 Å². The lowest BCUT2D eigenvalue weighted by molar-refractivity contribution is -0.140. The minimum Gasteiger partial charge on any atom is -0.383 e. The molecule has 11 nitrogen and oxygen atoms in total. The zero-order chi connectivity index (χ0) is 29.2. The molecule has 1 aliphatic rings. The Hall–Kier alpha value is -3.24. The molecule has 4 N–H and O–H groups in total. The standard InChI is InChI=1S/C11H19NO2.C8H14N2O2.C5H10N2O2.C2H6/c1-4-5-6-12-10(13)7-9(8(2)3)11(12)14;1-3-9-6-8(12)10-5-4-7(2)11;1-2-7-5(9)3-6-4-8;1-2/h8-9H,4-7H2,1-3H3;3,9H,1,4-6H2,2H3,(H,10,12);4H,2-3H2,1H3,(H,6,8)(H,7,9);1-2H3. The number of unbranched alkanes of at least 4 members (excludes halogenated alkanes) is 1. The Morgan fingerprint density at radius 1 is 1.05 bits per heavy atom. The van der Waals surface area contributed by atoms with Crippen LogP contribution in [0.2, 0.25) is 0 Å². The van der Waals surface area contributed by atoms with E-state index in [0.29, 0.717) is 38.9 Å². The van der Waals surface area contributed by atoms with Crippen LogP contribution in [0.4, 0.5) is 0 Å². The third-order valence-electron chi connectivity index (χ3n) is 4.74. The second kappa shape index (κ2) is 25.8. The zero-order valence-corrected chi connectivity index (χ0v) is 23.8. The number of ketones is 1. The van der Waals surface area contributed by atoms with Crippen molar-refractivity contribution in [2.45, 2.75) is 74.1 Å². The second-order valence-corrected chi connectivity index (χ2v) is 8.13. The topological polar surface area (TPSA) is 154 Å². The molecule has 1 atom stereocenters. The van der Waals surface area contributed by atoms with Crippen molar-refractivity contribution in [3.05, 3.63) is 12.8 Å². The van der Waals surface area contributed by atoms with Gasteiger partial charge in [0.05, 0.1) is 13.1 Å². The van der Waals surface area contributed by atoms with Crippen molar-refractivity contribution >= 4 is 35.8 Å². The maximum Gasteiger partial charge on any atom is 0.239 e. The van der Waals surface area contributed by atoms with Crippen molar-refractivity contribution < 1.29 is 28.8 Å². The van der Waals surface area contributed by atoms with Crippen molar-refractivity contribution in [2.24, 2.45) is 11.8 Å². The zero-order valence-electron chi connectivity index (χ0n) is 23.8. The molecule has 11 heteroatoms. The molecular weight excluding hydrogens is 478 g/mol. The number of likely N-dealkylation sites (tertiary alicyclic amines) is 1. The first kappa shape index (κ1) is 38.3. The van der Waals surface area contributed by atoms with E-state index in [4.69, 9.17) is 0 Å². The maximum absolute atomic E-state index is 11.8. The normalized spacial score (nSPS) is 13.5. The molecule has 0 saturated carbocycles. The lowest BCUT2D eigenvalue weighted by Gasteiger charge is -2.15. The molecule has 1 rings (SSSR count). The Bertz CT molecular complexity index is 697. The van der Waals surface area contributed by atoms with E-state index in [1.54, 1.807) is 0 Å². The third-order valence-corrected chi connectivity index (χ3v) is 4.74. The highest BCUT2D eigenvalue weighted by Crippen LogP contribution is 2.26. The van der Waals surface area contributed by atoms with Gasteiger partial charge in [-0.05, 0) is 32.4 Å². The SMILES string of the molecule is C=CNCC(=O)NCCC(C)=O.CC.CCCCN1C(=O)CC(C(C)C)C1=O.CCNC(=O)CNC=O. The van der Waals surface area contributed by atoms with Gasteiger partial charge < -0.3 is 21.3 Å². The summed E-state index contributed by atoms with van der Waals surface area (Å²) in [5.74, 6) is 0.0470. The van der Waals surface area contributed by atoms with E-state index >= 15 is 0 Å². The summed E-state index contributed by atoms with van der Waals surface area (Å²) >= 11 is 0. The van der Waals surface area contributed by atoms with Crippen molar-refractivity contribution in [1.82, 2.24) is 26.2 Å². The predicted molar refractivity (Wildman–Crippen MR) is 145 cm³/mol. The van der Waals surface area contributed by atoms with Gasteiger partial charge >= 0.3 is 0 Å². The minimum absolute atomic E-state index is 0.0159. The van der Waals surface area contributed by atoms with E-state index in [1.165, 1.54) is 18.0 Å². The van der Waals surface area contributed by atoms with Crippen LogP contribution in [0.25, 0.3) is 0 Å². The van der Waals surface area contributed by atoms with Gasteiger partial charge in [0.25, 0.3) is 0 Å². The largest absolute Gasteiger partial charge is 0.383 e. The summed E-state index contributed by atoms with van der Waals surface area (Å²) in [5, 5.41) is 9.99. The van der Waals surface area contributed by atoms with Crippen LogP contribution in [-0.2, 0) is 28.8 Å². The quantitative estimate of drug-likeness (QED) is 0.197. The predicted octanol–water partition coefficient (Wildman–Crippen LogP) is 1.53. The third kappa shape index (κ3) is 21.7. The number of rotatable bonds is 14. The number of amides is 5. The first-order valence-electron chi connectivity index (χ1n) is 12.9. The smallest absolute Gasteiger partial charge is 0.239 e. The average Bonchev–Trinajstić information content (AvgIpc) is 3.15. The van der Waals surface area contributed by atoms with E-state index in [9.17, 15) is 28.8 Å². The van der Waals surface area contributed by atoms with E-state index in [2.05, 4.69) is 34.8 Å². The highest BCUT2D eigenvalue weighted by molar-refractivity contribution is 6.03. The molecule has 37 heavy (non-hydrogen) atoms. The molecule has 0 bridgehead atoms. The number of nitrogens with zero attached hydrogens (tertiary/aromatic N) is 1. The van der Waals surface area contributed by atoms with Gasteiger partial charge in [0, 0.05) is 38.4 Å². The fourth-order valence-corrected chi connectivity index (χ4v) is 2.78. The number of carbonyl (C=O) groups excluding carboxylic acids is 6. The van der Waals surface area contributed by atoms with Gasteiger partial charge in [-0.3, -0.25) is 33.7 Å². The van der Waals surface area contributed by atoms with Crippen LogP contribution >= 0.6 is 0 Å². The van der Waals surface area contributed by atoms with Gasteiger partial charge in [0.15, 0.2) is 0 Å². The molecule has 0 radical (unpaired) electrons. The van der Waals surface area contributed by atoms with E-state index in [-0.39, 0.29) is 54.3 Å². The number of hydrogen-bond donors (Lipinski definition) is 4. The summed E-state index contributed by atoms with van der Waals surface area (Å²) in [6, 6.07) is 0. The number of carbonyl (C=O) groups is 6. The maximum atomic E-state index is 11.8. The second-order valence-electron chi connectivity index (χ2n) is 8.13. The van der Waals surface area contributed by atoms with Crippen LogP contribution in [-0.4, -0.2) is 73.4 Å². The van der Waals surface area contributed by atoms with E-state index in [0.717, 1.165) is 12.8 Å². The van der Waals surface area contributed by atoms with Crippen LogP contribution in [0.3, 0.4) is 0 Å².